The van der Waals surface area contributed by atoms with Gasteiger partial charge in [0.15, 0.2) is 5.69 Å². The maximum absolute atomic E-state index is 10.6. The molecule has 0 saturated heterocycles. The van der Waals surface area contributed by atoms with E-state index in [2.05, 4.69) is 10.3 Å². The molecule has 0 aromatic carbocycles. The summed E-state index contributed by atoms with van der Waals surface area (Å²) < 4.78 is 1.46. The average Bonchev–Trinajstić information content (AvgIpc) is 2.79. The van der Waals surface area contributed by atoms with Crippen LogP contribution in [-0.2, 0) is 6.54 Å². The van der Waals surface area contributed by atoms with E-state index in [0.29, 0.717) is 6.54 Å². The fourth-order valence-corrected chi connectivity index (χ4v) is 1.30. The van der Waals surface area contributed by atoms with Crippen LogP contribution in [-0.4, -0.2) is 26.1 Å². The molecule has 2 rings (SSSR count). The van der Waals surface area contributed by atoms with Crippen LogP contribution in [0.1, 0.15) is 29.8 Å². The van der Waals surface area contributed by atoms with Gasteiger partial charge in [0.25, 0.3) is 0 Å². The lowest BCUT2D eigenvalue weighted by molar-refractivity contribution is 0.0683. The molecule has 0 amide bonds. The van der Waals surface area contributed by atoms with Crippen molar-refractivity contribution in [1.29, 1.82) is 0 Å². The van der Waals surface area contributed by atoms with Crippen molar-refractivity contribution in [3.63, 3.8) is 0 Å². The molecule has 5 nitrogen and oxygen atoms in total. The van der Waals surface area contributed by atoms with E-state index in [4.69, 9.17) is 5.11 Å². The molecule has 70 valence electrons. The van der Waals surface area contributed by atoms with Crippen LogP contribution in [0, 0.1) is 5.92 Å². The van der Waals surface area contributed by atoms with Crippen molar-refractivity contribution >= 4 is 5.97 Å². The summed E-state index contributed by atoms with van der Waals surface area (Å²) in [5.74, 6) is -0.174. The molecule has 1 saturated carbocycles. The first-order valence-corrected chi connectivity index (χ1v) is 4.39. The first-order chi connectivity index (χ1) is 6.27. The van der Waals surface area contributed by atoms with Gasteiger partial charge in [-0.05, 0) is 12.3 Å². The van der Waals surface area contributed by atoms with Crippen LogP contribution in [0.3, 0.4) is 0 Å². The molecule has 1 aromatic heterocycles. The van der Waals surface area contributed by atoms with E-state index in [9.17, 15) is 4.79 Å². The van der Waals surface area contributed by atoms with Crippen LogP contribution >= 0.6 is 0 Å². The summed E-state index contributed by atoms with van der Waals surface area (Å²) in [6, 6.07) is 0. The van der Waals surface area contributed by atoms with Gasteiger partial charge in [-0.25, -0.2) is 9.48 Å². The SMILES string of the molecule is O=C(O)c1cnnn1CCC1CC1. The van der Waals surface area contributed by atoms with Gasteiger partial charge in [0.05, 0.1) is 6.20 Å². The lowest BCUT2D eigenvalue weighted by Gasteiger charge is -2.00. The van der Waals surface area contributed by atoms with Gasteiger partial charge >= 0.3 is 5.97 Å². The predicted octanol–water partition coefficient (Wildman–Crippen LogP) is 0.776. The molecule has 0 unspecified atom stereocenters. The number of carbonyl (C=O) groups is 1. The van der Waals surface area contributed by atoms with Crippen LogP contribution in [0.15, 0.2) is 6.20 Å². The Kier molecular flexibility index (Phi) is 2.00. The molecule has 5 heteroatoms. The van der Waals surface area contributed by atoms with Crippen LogP contribution in [0.2, 0.25) is 0 Å². The van der Waals surface area contributed by atoms with E-state index in [1.165, 1.54) is 23.7 Å². The summed E-state index contributed by atoms with van der Waals surface area (Å²) in [4.78, 5) is 10.6. The quantitative estimate of drug-likeness (QED) is 0.745. The maximum Gasteiger partial charge on any atom is 0.355 e. The Morgan fingerprint density at radius 1 is 1.69 bits per heavy atom. The number of carboxylic acid groups (broad SMARTS) is 1. The summed E-state index contributed by atoms with van der Waals surface area (Å²) >= 11 is 0. The number of hydrogen-bond acceptors (Lipinski definition) is 3. The third-order valence-electron chi connectivity index (χ3n) is 2.28. The second-order valence-corrected chi connectivity index (χ2v) is 3.38. The number of aromatic carboxylic acids is 1. The lowest BCUT2D eigenvalue weighted by Crippen LogP contribution is -2.10. The van der Waals surface area contributed by atoms with Gasteiger partial charge in [-0.1, -0.05) is 18.1 Å². The molecule has 1 aliphatic carbocycles. The first-order valence-electron chi connectivity index (χ1n) is 4.39. The molecule has 0 bridgehead atoms. The number of nitrogens with zero attached hydrogens (tertiary/aromatic N) is 3. The molecule has 1 fully saturated rings. The van der Waals surface area contributed by atoms with Crippen LogP contribution < -0.4 is 0 Å². The highest BCUT2D eigenvalue weighted by molar-refractivity contribution is 5.85. The first kappa shape index (κ1) is 8.22. The van der Waals surface area contributed by atoms with Crippen molar-refractivity contribution < 1.29 is 9.90 Å². The van der Waals surface area contributed by atoms with Gasteiger partial charge in [-0.15, -0.1) is 5.10 Å². The zero-order valence-corrected chi connectivity index (χ0v) is 7.18. The van der Waals surface area contributed by atoms with Gasteiger partial charge in [-0.3, -0.25) is 0 Å². The average molecular weight is 181 g/mol. The molecule has 0 aliphatic heterocycles. The van der Waals surface area contributed by atoms with Crippen LogP contribution in [0.4, 0.5) is 0 Å². The Balaban J connectivity index is 2.00. The Hall–Kier alpha value is -1.39. The minimum atomic E-state index is -0.958. The zero-order valence-electron chi connectivity index (χ0n) is 7.18. The number of rotatable bonds is 4. The highest BCUT2D eigenvalue weighted by atomic mass is 16.4. The normalized spacial score (nSPS) is 16.0. The third-order valence-corrected chi connectivity index (χ3v) is 2.28. The summed E-state index contributed by atoms with van der Waals surface area (Å²) in [6.45, 7) is 0.673. The summed E-state index contributed by atoms with van der Waals surface area (Å²) in [5.41, 5.74) is 0.181. The summed E-state index contributed by atoms with van der Waals surface area (Å²) in [5, 5.41) is 16.0. The molecule has 0 radical (unpaired) electrons. The largest absolute Gasteiger partial charge is 0.476 e. The van der Waals surface area contributed by atoms with Gasteiger partial charge < -0.3 is 5.11 Å². The Labute approximate surface area is 75.4 Å². The maximum atomic E-state index is 10.6. The van der Waals surface area contributed by atoms with Crippen molar-refractivity contribution in [2.75, 3.05) is 0 Å². The second-order valence-electron chi connectivity index (χ2n) is 3.38. The number of hydrogen-bond donors (Lipinski definition) is 1. The van der Waals surface area contributed by atoms with Crippen LogP contribution in [0.5, 0.6) is 0 Å². The van der Waals surface area contributed by atoms with E-state index in [-0.39, 0.29) is 5.69 Å². The van der Waals surface area contributed by atoms with Crippen molar-refractivity contribution in [2.45, 2.75) is 25.8 Å². The van der Waals surface area contributed by atoms with Gasteiger partial charge in [-0.2, -0.15) is 0 Å². The number of aromatic nitrogens is 3. The van der Waals surface area contributed by atoms with Crippen molar-refractivity contribution in [2.24, 2.45) is 5.92 Å². The summed E-state index contributed by atoms with van der Waals surface area (Å²) in [7, 11) is 0. The molecular weight excluding hydrogens is 170 g/mol. The fourth-order valence-electron chi connectivity index (χ4n) is 1.30. The van der Waals surface area contributed by atoms with E-state index in [0.717, 1.165) is 12.3 Å². The molecule has 13 heavy (non-hydrogen) atoms. The monoisotopic (exact) mass is 181 g/mol. The highest BCUT2D eigenvalue weighted by Crippen LogP contribution is 2.32. The molecule has 0 atom stereocenters. The fraction of sp³-hybridized carbons (Fsp3) is 0.625. The van der Waals surface area contributed by atoms with E-state index >= 15 is 0 Å². The molecular formula is C8H11N3O2. The molecule has 0 spiro atoms. The Morgan fingerprint density at radius 3 is 3.08 bits per heavy atom. The Bertz CT molecular complexity index is 317. The van der Waals surface area contributed by atoms with E-state index < -0.39 is 5.97 Å². The third kappa shape index (κ3) is 1.85. The molecule has 1 heterocycles. The standard InChI is InChI=1S/C8H11N3O2/c12-8(13)7-5-9-10-11(7)4-3-6-1-2-6/h5-6H,1-4H2,(H,12,13). The lowest BCUT2D eigenvalue weighted by atomic mass is 10.3. The Morgan fingerprint density at radius 2 is 2.46 bits per heavy atom. The predicted molar refractivity (Wildman–Crippen MR) is 44.3 cm³/mol. The smallest absolute Gasteiger partial charge is 0.355 e. The van der Waals surface area contributed by atoms with E-state index in [1.807, 2.05) is 0 Å². The van der Waals surface area contributed by atoms with Crippen molar-refractivity contribution in [1.82, 2.24) is 15.0 Å². The number of aryl methyl sites for hydroxylation is 1. The van der Waals surface area contributed by atoms with Gasteiger partial charge in [0.1, 0.15) is 0 Å². The summed E-state index contributed by atoms with van der Waals surface area (Å²) in [6.07, 6.45) is 4.85. The highest BCUT2D eigenvalue weighted by Gasteiger charge is 2.22. The number of carboxylic acids is 1. The zero-order chi connectivity index (χ0) is 9.26. The molecule has 1 N–H and O–H groups in total. The molecule has 1 aliphatic rings. The minimum absolute atomic E-state index is 0.181. The van der Waals surface area contributed by atoms with E-state index in [1.54, 1.807) is 0 Å². The van der Waals surface area contributed by atoms with Crippen molar-refractivity contribution in [3.8, 4) is 0 Å². The van der Waals surface area contributed by atoms with Crippen LogP contribution in [0.25, 0.3) is 0 Å². The van der Waals surface area contributed by atoms with Gasteiger partial charge in [0.2, 0.25) is 0 Å². The van der Waals surface area contributed by atoms with Crippen molar-refractivity contribution in [3.05, 3.63) is 11.9 Å². The topological polar surface area (TPSA) is 68.0 Å². The molecule has 1 aromatic rings. The minimum Gasteiger partial charge on any atom is -0.476 e. The van der Waals surface area contributed by atoms with Gasteiger partial charge in [0, 0.05) is 6.54 Å². The second kappa shape index (κ2) is 3.16.